The zero-order chi connectivity index (χ0) is 17.2. The number of ketones is 1. The normalized spacial score (nSPS) is 16.0. The second kappa shape index (κ2) is 7.16. The molecule has 0 spiro atoms. The maximum atomic E-state index is 12.6. The van der Waals surface area contributed by atoms with Crippen molar-refractivity contribution in [2.45, 2.75) is 58.2 Å². The number of carbonyl (C=O) groups excluding carboxylic acids is 2. The van der Waals surface area contributed by atoms with Gasteiger partial charge in [0.1, 0.15) is 0 Å². The molecular weight excluding hydrogens is 354 g/mol. The number of aryl methyl sites for hydroxylation is 1. The molecule has 1 unspecified atom stereocenters. The first-order valence-electron chi connectivity index (χ1n) is 8.39. The molecule has 0 aromatic heterocycles. The number of carbonyl (C=O) groups is 2. The highest BCUT2D eigenvalue weighted by Gasteiger charge is 2.31. The van der Waals surface area contributed by atoms with Crippen molar-refractivity contribution in [3.05, 3.63) is 29.3 Å². The number of hydrogen-bond acceptors (Lipinski definition) is 2. The lowest BCUT2D eigenvalue weighted by atomic mass is 9.91. The summed E-state index contributed by atoms with van der Waals surface area (Å²) in [7, 11) is 0. The lowest BCUT2D eigenvalue weighted by molar-refractivity contribution is -0.125. The summed E-state index contributed by atoms with van der Waals surface area (Å²) < 4.78 is 0. The van der Waals surface area contributed by atoms with Gasteiger partial charge in [-0.3, -0.25) is 9.59 Å². The van der Waals surface area contributed by atoms with Crippen LogP contribution in [0.3, 0.4) is 0 Å². The SMILES string of the molecule is CCCC(Br)C(=O)c1ccc2c(c1)CCCN2C(=O)C(C)(C)C. The van der Waals surface area contributed by atoms with Crippen LogP contribution in [0.4, 0.5) is 5.69 Å². The Bertz CT molecular complexity index is 604. The van der Waals surface area contributed by atoms with Crippen molar-refractivity contribution in [1.82, 2.24) is 0 Å². The van der Waals surface area contributed by atoms with E-state index in [0.29, 0.717) is 0 Å². The number of anilines is 1. The van der Waals surface area contributed by atoms with Crippen LogP contribution >= 0.6 is 15.9 Å². The second-order valence-electron chi connectivity index (χ2n) is 7.27. The molecule has 1 heterocycles. The summed E-state index contributed by atoms with van der Waals surface area (Å²) >= 11 is 3.48. The molecule has 0 aliphatic carbocycles. The van der Waals surface area contributed by atoms with Crippen LogP contribution in [0.1, 0.15) is 62.9 Å². The third kappa shape index (κ3) is 4.03. The van der Waals surface area contributed by atoms with E-state index < -0.39 is 5.41 Å². The van der Waals surface area contributed by atoms with Gasteiger partial charge < -0.3 is 4.90 Å². The van der Waals surface area contributed by atoms with Gasteiger partial charge in [0.2, 0.25) is 5.91 Å². The molecule has 1 aromatic rings. The van der Waals surface area contributed by atoms with Crippen LogP contribution in [-0.4, -0.2) is 23.1 Å². The fourth-order valence-electron chi connectivity index (χ4n) is 2.93. The van der Waals surface area contributed by atoms with E-state index in [1.54, 1.807) is 0 Å². The van der Waals surface area contributed by atoms with E-state index in [9.17, 15) is 9.59 Å². The van der Waals surface area contributed by atoms with E-state index in [1.165, 1.54) is 0 Å². The van der Waals surface area contributed by atoms with Crippen molar-refractivity contribution in [2.75, 3.05) is 11.4 Å². The predicted molar refractivity (Wildman–Crippen MR) is 98.5 cm³/mol. The second-order valence-corrected chi connectivity index (χ2v) is 8.38. The fraction of sp³-hybridized carbons (Fsp3) is 0.579. The van der Waals surface area contributed by atoms with Crippen LogP contribution in [0.5, 0.6) is 0 Å². The van der Waals surface area contributed by atoms with Gasteiger partial charge in [0.25, 0.3) is 0 Å². The van der Waals surface area contributed by atoms with E-state index >= 15 is 0 Å². The van der Waals surface area contributed by atoms with E-state index in [0.717, 1.165) is 49.0 Å². The molecule has 0 fully saturated rings. The zero-order valence-electron chi connectivity index (χ0n) is 14.5. The van der Waals surface area contributed by atoms with Crippen LogP contribution in [0.2, 0.25) is 0 Å². The number of Topliss-reactive ketones (excluding diaryl/α,β-unsaturated/α-hetero) is 1. The average Bonchev–Trinajstić information content (AvgIpc) is 2.51. The monoisotopic (exact) mass is 379 g/mol. The van der Waals surface area contributed by atoms with Crippen LogP contribution < -0.4 is 4.90 Å². The third-order valence-electron chi connectivity index (χ3n) is 4.20. The standard InChI is InChI=1S/C19H26BrNO2/c1-5-7-15(20)17(22)14-9-10-16-13(12-14)8-6-11-21(16)18(23)19(2,3)4/h9-10,12,15H,5-8,11H2,1-4H3. The molecule has 0 radical (unpaired) electrons. The van der Waals surface area contributed by atoms with E-state index in [1.807, 2.05) is 43.9 Å². The van der Waals surface area contributed by atoms with Gasteiger partial charge in [-0.05, 0) is 43.0 Å². The smallest absolute Gasteiger partial charge is 0.232 e. The Morgan fingerprint density at radius 1 is 1.30 bits per heavy atom. The average molecular weight is 380 g/mol. The molecule has 0 bridgehead atoms. The molecule has 0 N–H and O–H groups in total. The molecule has 1 amide bonds. The summed E-state index contributed by atoms with van der Waals surface area (Å²) in [6.45, 7) is 8.67. The lowest BCUT2D eigenvalue weighted by Gasteiger charge is -2.34. The number of rotatable bonds is 4. The molecular formula is C19H26BrNO2. The first kappa shape index (κ1) is 18.2. The van der Waals surface area contributed by atoms with Crippen molar-refractivity contribution in [3.63, 3.8) is 0 Å². The highest BCUT2D eigenvalue weighted by atomic mass is 79.9. The molecule has 0 saturated carbocycles. The zero-order valence-corrected chi connectivity index (χ0v) is 16.1. The molecule has 2 rings (SSSR count). The molecule has 3 nitrogen and oxygen atoms in total. The van der Waals surface area contributed by atoms with Crippen LogP contribution in [-0.2, 0) is 11.2 Å². The maximum Gasteiger partial charge on any atom is 0.232 e. The summed E-state index contributed by atoms with van der Waals surface area (Å²) in [4.78, 5) is 26.9. The van der Waals surface area contributed by atoms with Crippen molar-refractivity contribution >= 4 is 33.3 Å². The maximum absolute atomic E-state index is 12.6. The fourth-order valence-corrected chi connectivity index (χ4v) is 3.65. The number of halogens is 1. The van der Waals surface area contributed by atoms with Gasteiger partial charge in [-0.2, -0.15) is 0 Å². The van der Waals surface area contributed by atoms with Crippen molar-refractivity contribution in [1.29, 1.82) is 0 Å². The highest BCUT2D eigenvalue weighted by molar-refractivity contribution is 9.10. The van der Waals surface area contributed by atoms with Crippen LogP contribution in [0.15, 0.2) is 18.2 Å². The number of nitrogens with zero attached hydrogens (tertiary/aromatic N) is 1. The van der Waals surface area contributed by atoms with Gasteiger partial charge in [-0.15, -0.1) is 0 Å². The lowest BCUT2D eigenvalue weighted by Crippen LogP contribution is -2.42. The Labute approximate surface area is 147 Å². The Morgan fingerprint density at radius 2 is 2.00 bits per heavy atom. The predicted octanol–water partition coefficient (Wildman–Crippen LogP) is 4.76. The summed E-state index contributed by atoms with van der Waals surface area (Å²) in [5, 5.41) is 0. The van der Waals surface area contributed by atoms with Crippen molar-refractivity contribution in [2.24, 2.45) is 5.41 Å². The minimum atomic E-state index is -0.398. The molecule has 4 heteroatoms. The van der Waals surface area contributed by atoms with Crippen molar-refractivity contribution in [3.8, 4) is 0 Å². The Hall–Kier alpha value is -1.16. The third-order valence-corrected chi connectivity index (χ3v) is 5.07. The molecule has 126 valence electrons. The van der Waals surface area contributed by atoms with E-state index in [-0.39, 0.29) is 16.5 Å². The van der Waals surface area contributed by atoms with Gasteiger partial charge in [-0.1, -0.05) is 50.0 Å². The van der Waals surface area contributed by atoms with Crippen molar-refractivity contribution < 1.29 is 9.59 Å². The van der Waals surface area contributed by atoms with Gasteiger partial charge in [-0.25, -0.2) is 0 Å². The number of benzene rings is 1. The Kier molecular flexibility index (Phi) is 5.66. The summed E-state index contributed by atoms with van der Waals surface area (Å²) in [6, 6.07) is 5.78. The molecule has 0 saturated heterocycles. The molecule has 1 aliphatic rings. The number of hydrogen-bond donors (Lipinski definition) is 0. The largest absolute Gasteiger partial charge is 0.312 e. The van der Waals surface area contributed by atoms with E-state index in [2.05, 4.69) is 22.9 Å². The van der Waals surface area contributed by atoms with Crippen LogP contribution in [0, 0.1) is 5.41 Å². The van der Waals surface area contributed by atoms with Gasteiger partial charge in [0.05, 0.1) is 4.83 Å². The minimum Gasteiger partial charge on any atom is -0.312 e. The van der Waals surface area contributed by atoms with Crippen LogP contribution in [0.25, 0.3) is 0 Å². The molecule has 1 aliphatic heterocycles. The van der Waals surface area contributed by atoms with E-state index in [4.69, 9.17) is 0 Å². The summed E-state index contributed by atoms with van der Waals surface area (Å²) in [5.41, 5.74) is 2.42. The molecule has 23 heavy (non-hydrogen) atoms. The number of alkyl halides is 1. The molecule has 1 atom stereocenters. The first-order valence-corrected chi connectivity index (χ1v) is 9.30. The van der Waals surface area contributed by atoms with Gasteiger partial charge in [0.15, 0.2) is 5.78 Å². The summed E-state index contributed by atoms with van der Waals surface area (Å²) in [5.74, 6) is 0.274. The first-order chi connectivity index (χ1) is 10.8. The molecule has 1 aromatic carbocycles. The number of amides is 1. The van der Waals surface area contributed by atoms with Gasteiger partial charge in [0, 0.05) is 23.2 Å². The summed E-state index contributed by atoms with van der Waals surface area (Å²) in [6.07, 6.45) is 3.68. The topological polar surface area (TPSA) is 37.4 Å². The Balaban J connectivity index is 2.30. The highest BCUT2D eigenvalue weighted by Crippen LogP contribution is 2.32. The van der Waals surface area contributed by atoms with Gasteiger partial charge >= 0.3 is 0 Å². The minimum absolute atomic E-state index is 0.124. The quantitative estimate of drug-likeness (QED) is 0.558. The Morgan fingerprint density at radius 3 is 2.61 bits per heavy atom. The number of fused-ring (bicyclic) bond motifs is 1.